The van der Waals surface area contributed by atoms with Gasteiger partial charge in [-0.1, -0.05) is 23.2 Å². The summed E-state index contributed by atoms with van der Waals surface area (Å²) in [7, 11) is 0. The van der Waals surface area contributed by atoms with Crippen LogP contribution in [0.25, 0.3) is 5.65 Å². The first-order valence-corrected chi connectivity index (χ1v) is 8.11. The largest absolute Gasteiger partial charge is 0.379 e. The molecule has 2 atom stereocenters. The zero-order valence-electron chi connectivity index (χ0n) is 11.8. The number of rotatable bonds is 1. The van der Waals surface area contributed by atoms with E-state index in [2.05, 4.69) is 4.98 Å². The molecule has 0 unspecified atom stereocenters. The van der Waals surface area contributed by atoms with Gasteiger partial charge in [0.15, 0.2) is 5.65 Å². The van der Waals surface area contributed by atoms with E-state index in [-0.39, 0.29) is 11.9 Å². The summed E-state index contributed by atoms with van der Waals surface area (Å²) >= 11 is 12.1. The third-order valence-electron chi connectivity index (χ3n) is 4.49. The lowest BCUT2D eigenvalue weighted by Crippen LogP contribution is -2.48. The van der Waals surface area contributed by atoms with Crippen molar-refractivity contribution in [3.63, 3.8) is 0 Å². The quantitative estimate of drug-likeness (QED) is 0.802. The van der Waals surface area contributed by atoms with E-state index < -0.39 is 0 Å². The summed E-state index contributed by atoms with van der Waals surface area (Å²) < 4.78 is 7.24. The maximum absolute atomic E-state index is 12.8. The number of carbonyl (C=O) groups is 1. The molecule has 4 heterocycles. The van der Waals surface area contributed by atoms with Crippen LogP contribution in [0.3, 0.4) is 0 Å². The molecular formula is C15H15Cl2N3O2. The van der Waals surface area contributed by atoms with Crippen LogP contribution < -0.4 is 0 Å². The number of nitrogens with zero attached hydrogens (tertiary/aromatic N) is 3. The molecule has 2 aromatic rings. The van der Waals surface area contributed by atoms with Crippen LogP contribution >= 0.6 is 23.2 Å². The summed E-state index contributed by atoms with van der Waals surface area (Å²) in [5, 5.41) is 0.948. The highest BCUT2D eigenvalue weighted by atomic mass is 35.5. The first-order chi connectivity index (χ1) is 10.6. The Balaban J connectivity index is 1.69. The number of hydrogen-bond acceptors (Lipinski definition) is 3. The minimum atomic E-state index is -0.0592. The van der Waals surface area contributed by atoms with E-state index >= 15 is 0 Å². The van der Waals surface area contributed by atoms with Crippen molar-refractivity contribution >= 4 is 34.8 Å². The van der Waals surface area contributed by atoms with Crippen molar-refractivity contribution in [2.45, 2.75) is 18.9 Å². The van der Waals surface area contributed by atoms with E-state index in [9.17, 15) is 4.79 Å². The molecule has 0 aliphatic carbocycles. The molecule has 0 N–H and O–H groups in total. The van der Waals surface area contributed by atoms with Gasteiger partial charge < -0.3 is 14.0 Å². The third-order valence-corrected chi connectivity index (χ3v) is 4.98. The molecule has 4 rings (SSSR count). The zero-order valence-corrected chi connectivity index (χ0v) is 13.3. The average molecular weight is 340 g/mol. The molecule has 0 bridgehead atoms. The highest BCUT2D eigenvalue weighted by Crippen LogP contribution is 2.30. The maximum atomic E-state index is 12.8. The summed E-state index contributed by atoms with van der Waals surface area (Å²) in [6.45, 7) is 2.13. The van der Waals surface area contributed by atoms with Gasteiger partial charge in [0.05, 0.1) is 29.3 Å². The summed E-state index contributed by atoms with van der Waals surface area (Å²) in [5.41, 5.74) is 0.947. The summed E-state index contributed by atoms with van der Waals surface area (Å²) in [6, 6.07) is 1.80. The lowest BCUT2D eigenvalue weighted by molar-refractivity contribution is 0.0554. The minimum Gasteiger partial charge on any atom is -0.379 e. The number of fused-ring (bicyclic) bond motifs is 2. The normalized spacial score (nSPS) is 24.7. The smallest absolute Gasteiger partial charge is 0.274 e. The number of likely N-dealkylation sites (tertiary alicyclic amines) is 1. The molecule has 2 aliphatic heterocycles. The molecule has 5 nitrogen and oxygen atoms in total. The second kappa shape index (κ2) is 5.41. The topological polar surface area (TPSA) is 46.8 Å². The zero-order chi connectivity index (χ0) is 15.3. The molecule has 0 radical (unpaired) electrons. The Hall–Kier alpha value is -1.30. The monoisotopic (exact) mass is 339 g/mol. The molecule has 2 aliphatic rings. The summed E-state index contributed by atoms with van der Waals surface area (Å²) in [4.78, 5) is 19.1. The van der Waals surface area contributed by atoms with Gasteiger partial charge in [-0.3, -0.25) is 4.79 Å². The average Bonchev–Trinajstić information content (AvgIpc) is 3.11. The van der Waals surface area contributed by atoms with Crippen LogP contribution in [0.1, 0.15) is 23.3 Å². The highest BCUT2D eigenvalue weighted by molar-refractivity contribution is 6.36. The van der Waals surface area contributed by atoms with Crippen molar-refractivity contribution in [2.75, 3.05) is 19.8 Å². The molecule has 116 valence electrons. The maximum Gasteiger partial charge on any atom is 0.274 e. The number of halogens is 2. The van der Waals surface area contributed by atoms with Crippen molar-refractivity contribution in [1.29, 1.82) is 0 Å². The summed E-state index contributed by atoms with van der Waals surface area (Å²) in [5.74, 6) is 0.392. The number of ether oxygens (including phenoxy) is 1. The molecule has 1 amide bonds. The fourth-order valence-electron chi connectivity index (χ4n) is 3.42. The number of amides is 1. The number of imidazole rings is 1. The van der Waals surface area contributed by atoms with E-state index in [0.29, 0.717) is 33.9 Å². The lowest BCUT2D eigenvalue weighted by Gasteiger charge is -2.35. The van der Waals surface area contributed by atoms with Gasteiger partial charge in [-0.05, 0) is 18.9 Å². The van der Waals surface area contributed by atoms with Crippen molar-refractivity contribution in [1.82, 2.24) is 14.3 Å². The van der Waals surface area contributed by atoms with Crippen LogP contribution in [0, 0.1) is 5.92 Å². The van der Waals surface area contributed by atoms with Gasteiger partial charge in [-0.15, -0.1) is 0 Å². The fourth-order valence-corrected chi connectivity index (χ4v) is 3.95. The van der Waals surface area contributed by atoms with Gasteiger partial charge in [0.25, 0.3) is 5.91 Å². The highest BCUT2D eigenvalue weighted by Gasteiger charge is 2.39. The molecule has 0 aromatic carbocycles. The molecule has 22 heavy (non-hydrogen) atoms. The third kappa shape index (κ3) is 2.28. The predicted octanol–water partition coefficient (Wildman–Crippen LogP) is 2.89. The lowest BCUT2D eigenvalue weighted by atomic mass is 9.92. The fraction of sp³-hybridized carbons (Fsp3) is 0.467. The Labute approximate surface area is 137 Å². The van der Waals surface area contributed by atoms with E-state index in [1.54, 1.807) is 22.9 Å². The molecule has 0 saturated carbocycles. The molecular weight excluding hydrogens is 325 g/mol. The van der Waals surface area contributed by atoms with E-state index in [4.69, 9.17) is 27.9 Å². The number of carbonyl (C=O) groups excluding carboxylic acids is 1. The Bertz CT molecular complexity index is 746. The van der Waals surface area contributed by atoms with Crippen LogP contribution in [-0.4, -0.2) is 46.0 Å². The SMILES string of the molecule is O=C(c1cn2cc(Cl)cc(Cl)c2n1)N1CCC[C@@H]2COC[C@@H]21. The standard InChI is InChI=1S/C15H15Cl2N3O2/c16-10-4-11(17)14-18-12(6-19(14)5-10)15(21)20-3-1-2-9-7-22-8-13(9)20/h4-6,9,13H,1-3,7-8H2/t9-,13+/m1/s1. The van der Waals surface area contributed by atoms with Gasteiger partial charge in [0.2, 0.25) is 0 Å². The minimum absolute atomic E-state index is 0.0592. The number of piperidine rings is 1. The number of pyridine rings is 1. The van der Waals surface area contributed by atoms with Crippen molar-refractivity contribution in [3.8, 4) is 0 Å². The predicted molar refractivity (Wildman–Crippen MR) is 83.6 cm³/mol. The first-order valence-electron chi connectivity index (χ1n) is 7.36. The van der Waals surface area contributed by atoms with Crippen molar-refractivity contribution < 1.29 is 9.53 Å². The van der Waals surface area contributed by atoms with Gasteiger partial charge in [-0.25, -0.2) is 4.98 Å². The van der Waals surface area contributed by atoms with Gasteiger partial charge in [0, 0.05) is 24.9 Å². The molecule has 7 heteroatoms. The van der Waals surface area contributed by atoms with Gasteiger partial charge in [0.1, 0.15) is 5.69 Å². The van der Waals surface area contributed by atoms with Gasteiger partial charge >= 0.3 is 0 Å². The van der Waals surface area contributed by atoms with E-state index in [1.165, 1.54) is 0 Å². The van der Waals surface area contributed by atoms with E-state index in [1.807, 2.05) is 4.90 Å². The molecule has 2 fully saturated rings. The van der Waals surface area contributed by atoms with E-state index in [0.717, 1.165) is 26.0 Å². The second-order valence-corrected chi connectivity index (χ2v) is 6.71. The van der Waals surface area contributed by atoms with Crippen molar-refractivity contribution in [2.24, 2.45) is 5.92 Å². The number of aromatic nitrogens is 2. The molecule has 2 saturated heterocycles. The molecule has 0 spiro atoms. The molecule has 2 aromatic heterocycles. The van der Waals surface area contributed by atoms with Crippen LogP contribution in [-0.2, 0) is 4.74 Å². The van der Waals surface area contributed by atoms with Crippen LogP contribution in [0.2, 0.25) is 10.0 Å². The van der Waals surface area contributed by atoms with Crippen LogP contribution in [0.5, 0.6) is 0 Å². The second-order valence-electron chi connectivity index (χ2n) is 5.87. The van der Waals surface area contributed by atoms with Gasteiger partial charge in [-0.2, -0.15) is 0 Å². The Morgan fingerprint density at radius 3 is 3.05 bits per heavy atom. The van der Waals surface area contributed by atoms with Crippen LogP contribution in [0.15, 0.2) is 18.5 Å². The van der Waals surface area contributed by atoms with Crippen LogP contribution in [0.4, 0.5) is 0 Å². The van der Waals surface area contributed by atoms with Crippen molar-refractivity contribution in [3.05, 3.63) is 34.2 Å². The summed E-state index contributed by atoms with van der Waals surface area (Å²) in [6.07, 6.45) is 5.52. The number of hydrogen-bond donors (Lipinski definition) is 0. The Kier molecular flexibility index (Phi) is 3.51. The Morgan fingerprint density at radius 1 is 1.32 bits per heavy atom. The first kappa shape index (κ1) is 14.3. The Morgan fingerprint density at radius 2 is 2.18 bits per heavy atom.